The van der Waals surface area contributed by atoms with Crippen molar-refractivity contribution in [2.45, 2.75) is 19.4 Å². The number of ketones is 1. The smallest absolute Gasteiger partial charge is 0.295 e. The number of benzene rings is 2. The highest BCUT2D eigenvalue weighted by Gasteiger charge is 2.46. The molecule has 7 nitrogen and oxygen atoms in total. The number of H-pyrrole nitrogens is 1. The number of nitrogens with one attached hydrogen (secondary N) is 1. The van der Waals surface area contributed by atoms with Crippen LogP contribution in [0, 0.1) is 0 Å². The van der Waals surface area contributed by atoms with Gasteiger partial charge >= 0.3 is 0 Å². The Balaban J connectivity index is 1.83. The number of hydrogen-bond donors (Lipinski definition) is 2. The molecule has 1 aliphatic heterocycles. The predicted molar refractivity (Wildman–Crippen MR) is 121 cm³/mol. The molecule has 1 aromatic heterocycles. The number of Topliss-reactive ketones (excluding diaryl/α,β-unsaturated/α-hetero) is 1. The van der Waals surface area contributed by atoms with E-state index in [4.69, 9.17) is 9.47 Å². The summed E-state index contributed by atoms with van der Waals surface area (Å²) >= 11 is 0. The molecule has 0 bridgehead atoms. The van der Waals surface area contributed by atoms with Crippen LogP contribution in [0.25, 0.3) is 16.7 Å². The minimum Gasteiger partial charge on any atom is -0.507 e. The number of nitrogens with zero attached hydrogens (tertiary/aromatic N) is 1. The molecule has 0 aliphatic carbocycles. The van der Waals surface area contributed by atoms with E-state index in [1.807, 2.05) is 31.2 Å². The number of aliphatic hydroxyl groups is 1. The first-order valence-corrected chi connectivity index (χ1v) is 10.6. The summed E-state index contributed by atoms with van der Waals surface area (Å²) in [6.07, 6.45) is 2.38. The maximum absolute atomic E-state index is 13.1. The zero-order valence-corrected chi connectivity index (χ0v) is 18.1. The summed E-state index contributed by atoms with van der Waals surface area (Å²) < 4.78 is 10.6. The van der Waals surface area contributed by atoms with Gasteiger partial charge in [0.25, 0.3) is 11.7 Å². The fourth-order valence-corrected chi connectivity index (χ4v) is 4.16. The highest BCUT2D eigenvalue weighted by molar-refractivity contribution is 6.46. The molecule has 1 fully saturated rings. The first-order valence-electron chi connectivity index (χ1n) is 10.6. The zero-order valence-electron chi connectivity index (χ0n) is 18.1. The lowest BCUT2D eigenvalue weighted by Crippen LogP contribution is -2.31. The Labute approximate surface area is 186 Å². The number of amides is 1. The number of hydrogen-bond acceptors (Lipinski definition) is 5. The number of carbonyl (C=O) groups is 2. The largest absolute Gasteiger partial charge is 0.507 e. The van der Waals surface area contributed by atoms with Crippen molar-refractivity contribution >= 4 is 28.4 Å². The summed E-state index contributed by atoms with van der Waals surface area (Å²) in [5.41, 5.74) is 2.20. The van der Waals surface area contributed by atoms with Gasteiger partial charge < -0.3 is 24.5 Å². The Kier molecular flexibility index (Phi) is 6.28. The van der Waals surface area contributed by atoms with Gasteiger partial charge in [-0.15, -0.1) is 0 Å². The lowest BCUT2D eigenvalue weighted by Gasteiger charge is -2.24. The van der Waals surface area contributed by atoms with Crippen LogP contribution in [0.2, 0.25) is 0 Å². The van der Waals surface area contributed by atoms with Crippen molar-refractivity contribution in [3.63, 3.8) is 0 Å². The summed E-state index contributed by atoms with van der Waals surface area (Å²) in [5, 5.41) is 12.1. The second kappa shape index (κ2) is 9.28. The molecule has 1 amide bonds. The lowest BCUT2D eigenvalue weighted by molar-refractivity contribution is -0.140. The van der Waals surface area contributed by atoms with Crippen LogP contribution in [-0.4, -0.2) is 53.5 Å². The third kappa shape index (κ3) is 3.87. The van der Waals surface area contributed by atoms with E-state index in [0.717, 1.165) is 16.5 Å². The van der Waals surface area contributed by atoms with E-state index >= 15 is 0 Å². The van der Waals surface area contributed by atoms with E-state index in [-0.39, 0.29) is 11.3 Å². The molecular weight excluding hydrogens is 408 g/mol. The number of ether oxygens (including phenoxy) is 2. The van der Waals surface area contributed by atoms with Gasteiger partial charge in [0.05, 0.1) is 18.2 Å². The first kappa shape index (κ1) is 21.6. The number of methoxy groups -OCH3 is 1. The Bertz CT molecular complexity index is 1160. The van der Waals surface area contributed by atoms with E-state index < -0.39 is 17.7 Å². The second-order valence-electron chi connectivity index (χ2n) is 7.59. The molecule has 2 N–H and O–H groups in total. The van der Waals surface area contributed by atoms with Crippen LogP contribution in [-0.2, 0) is 14.3 Å². The average molecular weight is 434 g/mol. The van der Waals surface area contributed by atoms with Gasteiger partial charge in [-0.2, -0.15) is 0 Å². The van der Waals surface area contributed by atoms with Crippen LogP contribution >= 0.6 is 0 Å². The fourth-order valence-electron chi connectivity index (χ4n) is 4.16. The normalized spacial score (nSPS) is 17.9. The number of aliphatic hydroxyl groups excluding tert-OH is 1. The Morgan fingerprint density at radius 2 is 1.88 bits per heavy atom. The molecule has 32 heavy (non-hydrogen) atoms. The Hall–Kier alpha value is -3.58. The maximum Gasteiger partial charge on any atom is 0.295 e. The van der Waals surface area contributed by atoms with E-state index in [2.05, 4.69) is 4.98 Å². The van der Waals surface area contributed by atoms with Gasteiger partial charge in [-0.3, -0.25) is 9.59 Å². The number of likely N-dealkylation sites (tertiary alicyclic amines) is 1. The molecule has 1 atom stereocenters. The highest BCUT2D eigenvalue weighted by Crippen LogP contribution is 2.42. The van der Waals surface area contributed by atoms with Crippen molar-refractivity contribution in [1.82, 2.24) is 9.88 Å². The molecule has 1 unspecified atom stereocenters. The average Bonchev–Trinajstić information content (AvgIpc) is 3.34. The molecule has 0 spiro atoms. The molecule has 0 radical (unpaired) electrons. The molecule has 2 heterocycles. The standard InChI is InChI=1S/C25H26N2O5/c1-3-32-17-11-9-16(10-12-17)23(28)21-22(19-15-26-20-8-5-4-7-18(19)20)27(13-6-14-31-2)25(30)24(21)29/h4-5,7-12,15,22,26,28H,3,6,13-14H2,1-2H3/b23-21+. The summed E-state index contributed by atoms with van der Waals surface area (Å²) in [6, 6.07) is 13.8. The van der Waals surface area contributed by atoms with E-state index in [0.29, 0.717) is 37.5 Å². The lowest BCUT2D eigenvalue weighted by atomic mass is 9.95. The van der Waals surface area contributed by atoms with Crippen LogP contribution in [0.4, 0.5) is 0 Å². The van der Waals surface area contributed by atoms with E-state index in [1.165, 1.54) is 4.90 Å². The third-order valence-electron chi connectivity index (χ3n) is 5.64. The molecule has 4 rings (SSSR count). The van der Waals surface area contributed by atoms with Crippen LogP contribution in [0.1, 0.15) is 30.5 Å². The van der Waals surface area contributed by atoms with Gasteiger partial charge in [0, 0.05) is 48.5 Å². The summed E-state index contributed by atoms with van der Waals surface area (Å²) in [5.74, 6) is -0.846. The Morgan fingerprint density at radius 3 is 2.59 bits per heavy atom. The number of carbonyl (C=O) groups excluding carboxylic acids is 2. The van der Waals surface area contributed by atoms with Gasteiger partial charge in [-0.05, 0) is 43.7 Å². The second-order valence-corrected chi connectivity index (χ2v) is 7.59. The summed E-state index contributed by atoms with van der Waals surface area (Å²) in [6.45, 7) is 3.21. The van der Waals surface area contributed by atoms with Crippen LogP contribution in [0.3, 0.4) is 0 Å². The SMILES string of the molecule is CCOc1ccc(/C(O)=C2\C(=O)C(=O)N(CCCOC)C2c2c[nH]c3ccccc23)cc1. The molecule has 2 aromatic carbocycles. The van der Waals surface area contributed by atoms with E-state index in [9.17, 15) is 14.7 Å². The quantitative estimate of drug-likeness (QED) is 0.242. The minimum absolute atomic E-state index is 0.0846. The van der Waals surface area contributed by atoms with Crippen molar-refractivity contribution < 1.29 is 24.2 Å². The summed E-state index contributed by atoms with van der Waals surface area (Å²) in [7, 11) is 1.59. The molecule has 0 saturated carbocycles. The fraction of sp³-hybridized carbons (Fsp3) is 0.280. The number of rotatable bonds is 8. The van der Waals surface area contributed by atoms with Gasteiger partial charge in [-0.1, -0.05) is 18.2 Å². The molecular formula is C25H26N2O5. The van der Waals surface area contributed by atoms with Crippen molar-refractivity contribution in [2.24, 2.45) is 0 Å². The third-order valence-corrected chi connectivity index (χ3v) is 5.64. The number of aromatic nitrogens is 1. The minimum atomic E-state index is -0.699. The first-order chi connectivity index (χ1) is 15.6. The topological polar surface area (TPSA) is 91.9 Å². The van der Waals surface area contributed by atoms with Gasteiger partial charge in [0.15, 0.2) is 0 Å². The molecule has 3 aromatic rings. The van der Waals surface area contributed by atoms with Crippen molar-refractivity contribution in [3.05, 3.63) is 71.4 Å². The molecule has 1 saturated heterocycles. The number of aromatic amines is 1. The van der Waals surface area contributed by atoms with Crippen molar-refractivity contribution in [2.75, 3.05) is 26.9 Å². The van der Waals surface area contributed by atoms with Gasteiger partial charge in [-0.25, -0.2) is 0 Å². The van der Waals surface area contributed by atoms with Crippen LogP contribution in [0.15, 0.2) is 60.3 Å². The van der Waals surface area contributed by atoms with Crippen LogP contribution in [0.5, 0.6) is 5.75 Å². The predicted octanol–water partition coefficient (Wildman–Crippen LogP) is 4.02. The molecule has 1 aliphatic rings. The monoisotopic (exact) mass is 434 g/mol. The van der Waals surface area contributed by atoms with Gasteiger partial charge in [0.2, 0.25) is 0 Å². The van der Waals surface area contributed by atoms with Crippen molar-refractivity contribution in [3.8, 4) is 5.75 Å². The van der Waals surface area contributed by atoms with E-state index in [1.54, 1.807) is 37.6 Å². The highest BCUT2D eigenvalue weighted by atomic mass is 16.5. The molecule has 166 valence electrons. The summed E-state index contributed by atoms with van der Waals surface area (Å²) in [4.78, 5) is 30.8. The van der Waals surface area contributed by atoms with Crippen LogP contribution < -0.4 is 4.74 Å². The molecule has 7 heteroatoms. The zero-order chi connectivity index (χ0) is 22.7. The Morgan fingerprint density at radius 1 is 1.12 bits per heavy atom. The number of para-hydroxylation sites is 1. The van der Waals surface area contributed by atoms with Gasteiger partial charge in [0.1, 0.15) is 11.5 Å². The van der Waals surface area contributed by atoms with Crippen molar-refractivity contribution in [1.29, 1.82) is 0 Å². The maximum atomic E-state index is 13.1. The number of fused-ring (bicyclic) bond motifs is 1.